The van der Waals surface area contributed by atoms with E-state index in [1.807, 2.05) is 0 Å². The number of hydrazine groups is 1. The van der Waals surface area contributed by atoms with Crippen molar-refractivity contribution in [2.45, 2.75) is 38.1 Å². The molecule has 1 aliphatic carbocycles. The molecule has 112 valence electrons. The van der Waals surface area contributed by atoms with Crippen molar-refractivity contribution in [3.63, 3.8) is 0 Å². The van der Waals surface area contributed by atoms with Crippen LogP contribution in [0.4, 0.5) is 8.78 Å². The summed E-state index contributed by atoms with van der Waals surface area (Å²) in [6.07, 6.45) is 5.02. The van der Waals surface area contributed by atoms with E-state index in [1.165, 1.54) is 29.3 Å². The summed E-state index contributed by atoms with van der Waals surface area (Å²) >= 11 is 1.74. The Kier molecular flexibility index (Phi) is 4.33. The highest BCUT2D eigenvalue weighted by atomic mass is 32.1. The Morgan fingerprint density at radius 1 is 1.24 bits per heavy atom. The molecule has 0 aliphatic heterocycles. The Morgan fingerprint density at radius 2 is 2.05 bits per heavy atom. The normalized spacial score (nSPS) is 15.8. The summed E-state index contributed by atoms with van der Waals surface area (Å²) in [7, 11) is 0. The molecule has 5 heteroatoms. The largest absolute Gasteiger partial charge is 0.271 e. The van der Waals surface area contributed by atoms with Gasteiger partial charge in [0.05, 0.1) is 6.04 Å². The summed E-state index contributed by atoms with van der Waals surface area (Å²) in [5, 5.41) is 0. The summed E-state index contributed by atoms with van der Waals surface area (Å²) in [5.74, 6) is 4.05. The molecule has 1 aromatic carbocycles. The molecule has 3 rings (SSSR count). The zero-order chi connectivity index (χ0) is 14.8. The number of hydrogen-bond acceptors (Lipinski definition) is 3. The van der Waals surface area contributed by atoms with Gasteiger partial charge in [0.25, 0.3) is 0 Å². The molecule has 0 bridgehead atoms. The first-order valence-corrected chi connectivity index (χ1v) is 8.01. The van der Waals surface area contributed by atoms with Gasteiger partial charge in [-0.3, -0.25) is 11.3 Å². The van der Waals surface area contributed by atoms with Gasteiger partial charge in [0.15, 0.2) is 11.6 Å². The van der Waals surface area contributed by atoms with Gasteiger partial charge in [0.1, 0.15) is 0 Å². The minimum atomic E-state index is -0.811. The van der Waals surface area contributed by atoms with Crippen LogP contribution in [0.25, 0.3) is 0 Å². The molecule has 0 radical (unpaired) electrons. The number of nitrogens with two attached hydrogens (primary N) is 1. The van der Waals surface area contributed by atoms with E-state index in [-0.39, 0.29) is 6.04 Å². The van der Waals surface area contributed by atoms with E-state index in [1.54, 1.807) is 17.4 Å². The monoisotopic (exact) mass is 308 g/mol. The highest BCUT2D eigenvalue weighted by Crippen LogP contribution is 2.34. The predicted octanol–water partition coefficient (Wildman–Crippen LogP) is 3.65. The number of thiophene rings is 1. The van der Waals surface area contributed by atoms with Crippen molar-refractivity contribution < 1.29 is 8.78 Å². The zero-order valence-electron chi connectivity index (χ0n) is 11.7. The number of benzene rings is 1. The minimum Gasteiger partial charge on any atom is -0.271 e. The van der Waals surface area contributed by atoms with Crippen LogP contribution in [0, 0.1) is 11.6 Å². The molecule has 2 aromatic rings. The first kappa shape index (κ1) is 14.6. The van der Waals surface area contributed by atoms with Gasteiger partial charge in [0, 0.05) is 9.75 Å². The topological polar surface area (TPSA) is 38.0 Å². The molecule has 2 nitrogen and oxygen atoms in total. The molecule has 0 spiro atoms. The lowest BCUT2D eigenvalue weighted by Crippen LogP contribution is -2.29. The van der Waals surface area contributed by atoms with Crippen molar-refractivity contribution in [3.05, 3.63) is 56.8 Å². The lowest BCUT2D eigenvalue weighted by molar-refractivity contribution is 0.483. The summed E-state index contributed by atoms with van der Waals surface area (Å²) in [4.78, 5) is 2.52. The average Bonchev–Trinajstić information content (AvgIpc) is 2.92. The molecular weight excluding hydrogens is 290 g/mol. The van der Waals surface area contributed by atoms with Crippen molar-refractivity contribution in [2.24, 2.45) is 5.84 Å². The molecule has 3 N–H and O–H groups in total. The summed E-state index contributed by atoms with van der Waals surface area (Å²) in [6.45, 7) is 0. The van der Waals surface area contributed by atoms with E-state index in [0.717, 1.165) is 23.8 Å². The van der Waals surface area contributed by atoms with Crippen molar-refractivity contribution in [2.75, 3.05) is 0 Å². The smallest absolute Gasteiger partial charge is 0.162 e. The Hall–Kier alpha value is -1.30. The van der Waals surface area contributed by atoms with E-state index in [4.69, 9.17) is 5.84 Å². The first-order chi connectivity index (χ1) is 10.2. The van der Waals surface area contributed by atoms with Crippen LogP contribution in [0.1, 0.15) is 39.8 Å². The fourth-order valence-corrected chi connectivity index (χ4v) is 4.17. The van der Waals surface area contributed by atoms with Crippen LogP contribution in [-0.2, 0) is 19.3 Å². The number of rotatable bonds is 4. The van der Waals surface area contributed by atoms with E-state index < -0.39 is 11.6 Å². The van der Waals surface area contributed by atoms with Crippen molar-refractivity contribution in [1.29, 1.82) is 0 Å². The quantitative estimate of drug-likeness (QED) is 0.668. The van der Waals surface area contributed by atoms with Gasteiger partial charge in [-0.05, 0) is 55.4 Å². The van der Waals surface area contributed by atoms with Crippen molar-refractivity contribution >= 4 is 11.3 Å². The molecule has 0 saturated heterocycles. The Balaban J connectivity index is 1.85. The molecule has 1 aliphatic rings. The van der Waals surface area contributed by atoms with E-state index in [0.29, 0.717) is 12.0 Å². The van der Waals surface area contributed by atoms with Gasteiger partial charge in [-0.2, -0.15) is 0 Å². The molecule has 1 atom stereocenters. The van der Waals surface area contributed by atoms with Crippen molar-refractivity contribution in [3.8, 4) is 0 Å². The van der Waals surface area contributed by atoms with E-state index >= 15 is 0 Å². The number of halogens is 2. The van der Waals surface area contributed by atoms with Gasteiger partial charge in [-0.1, -0.05) is 12.1 Å². The number of hydrogen-bond donors (Lipinski definition) is 2. The molecule has 1 heterocycles. The third kappa shape index (κ3) is 3.00. The minimum absolute atomic E-state index is 0.183. The maximum atomic E-state index is 13.8. The van der Waals surface area contributed by atoms with Crippen LogP contribution >= 0.6 is 11.3 Å². The number of nitrogens with one attached hydrogen (secondary N) is 1. The van der Waals surface area contributed by atoms with Crippen LogP contribution in [-0.4, -0.2) is 0 Å². The summed E-state index contributed by atoms with van der Waals surface area (Å²) in [6, 6.07) is 6.25. The third-order valence-electron chi connectivity index (χ3n) is 4.02. The number of aryl methyl sites for hydroxylation is 2. The lowest BCUT2D eigenvalue weighted by atomic mass is 9.98. The Bertz CT molecular complexity index is 616. The summed E-state index contributed by atoms with van der Waals surface area (Å²) < 4.78 is 27.1. The van der Waals surface area contributed by atoms with Gasteiger partial charge < -0.3 is 0 Å². The Labute approximate surface area is 127 Å². The van der Waals surface area contributed by atoms with Gasteiger partial charge in [-0.25, -0.2) is 8.78 Å². The molecule has 1 aromatic heterocycles. The maximum Gasteiger partial charge on any atom is 0.162 e. The number of fused-ring (bicyclic) bond motifs is 1. The predicted molar refractivity (Wildman–Crippen MR) is 81.1 cm³/mol. The fourth-order valence-electron chi connectivity index (χ4n) is 2.85. The van der Waals surface area contributed by atoms with Gasteiger partial charge in [0.2, 0.25) is 0 Å². The second-order valence-electron chi connectivity index (χ2n) is 5.44. The molecule has 0 amide bonds. The molecule has 0 saturated carbocycles. The lowest BCUT2D eigenvalue weighted by Gasteiger charge is -2.15. The van der Waals surface area contributed by atoms with Gasteiger partial charge >= 0.3 is 0 Å². The first-order valence-electron chi connectivity index (χ1n) is 7.19. The van der Waals surface area contributed by atoms with E-state index in [9.17, 15) is 8.78 Å². The van der Waals surface area contributed by atoms with Crippen LogP contribution in [0.2, 0.25) is 0 Å². The second kappa shape index (κ2) is 6.22. The molecule has 21 heavy (non-hydrogen) atoms. The SMILES string of the molecule is NNC(Cc1cccc(F)c1F)c1cc2c(s1)CCCC2. The highest BCUT2D eigenvalue weighted by Gasteiger charge is 2.20. The van der Waals surface area contributed by atoms with Crippen molar-refractivity contribution in [1.82, 2.24) is 5.43 Å². The zero-order valence-corrected chi connectivity index (χ0v) is 12.5. The van der Waals surface area contributed by atoms with Crippen LogP contribution < -0.4 is 11.3 Å². The van der Waals surface area contributed by atoms with Crippen LogP contribution in [0.15, 0.2) is 24.3 Å². The average molecular weight is 308 g/mol. The van der Waals surface area contributed by atoms with Crippen LogP contribution in [0.3, 0.4) is 0 Å². The van der Waals surface area contributed by atoms with E-state index in [2.05, 4.69) is 11.5 Å². The second-order valence-corrected chi connectivity index (χ2v) is 6.61. The molecule has 0 fully saturated rings. The Morgan fingerprint density at radius 3 is 2.81 bits per heavy atom. The maximum absolute atomic E-state index is 13.8. The summed E-state index contributed by atoms with van der Waals surface area (Å²) in [5.41, 5.74) is 4.49. The van der Waals surface area contributed by atoms with Crippen LogP contribution in [0.5, 0.6) is 0 Å². The standard InChI is InChI=1S/C16H18F2N2S/c17-12-6-3-5-11(16(12)18)8-13(20-19)15-9-10-4-1-2-7-14(10)21-15/h3,5-6,9,13,20H,1-2,4,7-8,19H2. The molecule has 1 unspecified atom stereocenters. The third-order valence-corrected chi connectivity index (χ3v) is 5.37. The van der Waals surface area contributed by atoms with Gasteiger partial charge in [-0.15, -0.1) is 11.3 Å². The fraction of sp³-hybridized carbons (Fsp3) is 0.375. The molecular formula is C16H18F2N2S. The highest BCUT2D eigenvalue weighted by molar-refractivity contribution is 7.12.